The molecular formula is C13H16O. The van der Waals surface area contributed by atoms with Crippen molar-refractivity contribution in [2.45, 2.75) is 33.1 Å². The van der Waals surface area contributed by atoms with Gasteiger partial charge in [0.05, 0.1) is 0 Å². The lowest BCUT2D eigenvalue weighted by Gasteiger charge is -2.23. The Morgan fingerprint density at radius 1 is 1.43 bits per heavy atom. The number of Topliss-reactive ketones (excluding diaryl/α,β-unsaturated/α-hetero) is 1. The van der Waals surface area contributed by atoms with Crippen LogP contribution in [0.15, 0.2) is 18.2 Å². The average Bonchev–Trinajstić information content (AvgIpc) is 2.20. The fourth-order valence-corrected chi connectivity index (χ4v) is 2.32. The number of carbonyl (C=O) groups excluding carboxylic acids is 1. The third-order valence-corrected chi connectivity index (χ3v) is 3.28. The highest BCUT2D eigenvalue weighted by Gasteiger charge is 2.26. The molecule has 0 saturated carbocycles. The van der Waals surface area contributed by atoms with Gasteiger partial charge in [-0.2, -0.15) is 0 Å². The molecule has 1 aromatic carbocycles. The Morgan fingerprint density at radius 2 is 2.21 bits per heavy atom. The summed E-state index contributed by atoms with van der Waals surface area (Å²) in [6.45, 7) is 4.20. The summed E-state index contributed by atoms with van der Waals surface area (Å²) < 4.78 is 0. The van der Waals surface area contributed by atoms with Crippen molar-refractivity contribution in [2.24, 2.45) is 5.92 Å². The average molecular weight is 188 g/mol. The summed E-state index contributed by atoms with van der Waals surface area (Å²) in [5, 5.41) is 0. The Kier molecular flexibility index (Phi) is 2.40. The van der Waals surface area contributed by atoms with Gasteiger partial charge < -0.3 is 0 Å². The first kappa shape index (κ1) is 9.45. The fourth-order valence-electron chi connectivity index (χ4n) is 2.32. The Bertz CT molecular complexity index is 365. The lowest BCUT2D eigenvalue weighted by atomic mass is 9.80. The van der Waals surface area contributed by atoms with Gasteiger partial charge in [-0.1, -0.05) is 25.1 Å². The maximum absolute atomic E-state index is 12.0. The highest BCUT2D eigenvalue weighted by molar-refractivity contribution is 6.00. The Hall–Kier alpha value is -1.11. The third kappa shape index (κ3) is 1.37. The number of benzene rings is 1. The van der Waals surface area contributed by atoms with Crippen LogP contribution in [0.4, 0.5) is 0 Å². The number of ketones is 1. The highest BCUT2D eigenvalue weighted by atomic mass is 16.1. The summed E-state index contributed by atoms with van der Waals surface area (Å²) in [5.74, 6) is 0.627. The van der Waals surface area contributed by atoms with E-state index in [4.69, 9.17) is 0 Å². The maximum Gasteiger partial charge on any atom is 0.166 e. The highest BCUT2D eigenvalue weighted by Crippen LogP contribution is 2.29. The summed E-state index contributed by atoms with van der Waals surface area (Å²) >= 11 is 0. The molecule has 14 heavy (non-hydrogen) atoms. The first-order chi connectivity index (χ1) is 6.74. The molecule has 0 fully saturated rings. The normalized spacial score (nSPS) is 20.7. The van der Waals surface area contributed by atoms with Crippen LogP contribution in [0.1, 0.15) is 41.3 Å². The quantitative estimate of drug-likeness (QED) is 0.661. The van der Waals surface area contributed by atoms with Gasteiger partial charge in [-0.3, -0.25) is 4.79 Å². The fraction of sp³-hybridized carbons (Fsp3) is 0.462. The SMILES string of the molecule is CCC1CCc2c(C)cccc2C1=O. The zero-order valence-electron chi connectivity index (χ0n) is 8.84. The monoisotopic (exact) mass is 188 g/mol. The van der Waals surface area contributed by atoms with Gasteiger partial charge in [-0.25, -0.2) is 0 Å². The first-order valence-corrected chi connectivity index (χ1v) is 5.36. The molecule has 1 unspecified atom stereocenters. The van der Waals surface area contributed by atoms with E-state index in [2.05, 4.69) is 19.9 Å². The third-order valence-electron chi connectivity index (χ3n) is 3.28. The molecule has 1 aliphatic carbocycles. The predicted octanol–water partition coefficient (Wildman–Crippen LogP) is 3.15. The number of rotatable bonds is 1. The Labute approximate surface area is 85.1 Å². The minimum absolute atomic E-state index is 0.268. The van der Waals surface area contributed by atoms with Crippen molar-refractivity contribution in [1.29, 1.82) is 0 Å². The van der Waals surface area contributed by atoms with E-state index in [1.165, 1.54) is 11.1 Å². The van der Waals surface area contributed by atoms with E-state index in [-0.39, 0.29) is 5.92 Å². The van der Waals surface area contributed by atoms with Gasteiger partial charge in [0.2, 0.25) is 0 Å². The molecule has 1 nitrogen and oxygen atoms in total. The second-order valence-corrected chi connectivity index (χ2v) is 4.11. The summed E-state index contributed by atoms with van der Waals surface area (Å²) in [4.78, 5) is 12.0. The topological polar surface area (TPSA) is 17.1 Å². The van der Waals surface area contributed by atoms with E-state index in [9.17, 15) is 4.79 Å². The molecule has 0 saturated heterocycles. The smallest absolute Gasteiger partial charge is 0.166 e. The molecule has 0 amide bonds. The minimum atomic E-state index is 0.268. The number of carbonyl (C=O) groups is 1. The van der Waals surface area contributed by atoms with Crippen molar-refractivity contribution in [1.82, 2.24) is 0 Å². The number of aryl methyl sites for hydroxylation is 1. The van der Waals surface area contributed by atoms with Crippen LogP contribution in [-0.2, 0) is 6.42 Å². The van der Waals surface area contributed by atoms with Crippen LogP contribution in [0.2, 0.25) is 0 Å². The minimum Gasteiger partial charge on any atom is -0.294 e. The number of hydrogen-bond acceptors (Lipinski definition) is 1. The number of fused-ring (bicyclic) bond motifs is 1. The summed E-state index contributed by atoms with van der Waals surface area (Å²) in [7, 11) is 0. The Morgan fingerprint density at radius 3 is 2.93 bits per heavy atom. The van der Waals surface area contributed by atoms with Crippen molar-refractivity contribution < 1.29 is 4.79 Å². The van der Waals surface area contributed by atoms with Crippen molar-refractivity contribution in [3.05, 3.63) is 34.9 Å². The van der Waals surface area contributed by atoms with Crippen molar-refractivity contribution in [2.75, 3.05) is 0 Å². The van der Waals surface area contributed by atoms with Gasteiger partial charge >= 0.3 is 0 Å². The van der Waals surface area contributed by atoms with E-state index >= 15 is 0 Å². The molecule has 1 heteroatoms. The molecule has 1 atom stereocenters. The summed E-state index contributed by atoms with van der Waals surface area (Å²) in [5.41, 5.74) is 3.52. The van der Waals surface area contributed by atoms with Crippen molar-refractivity contribution >= 4 is 5.78 Å². The summed E-state index contributed by atoms with van der Waals surface area (Å²) in [6.07, 6.45) is 3.09. The molecule has 2 rings (SSSR count). The van der Waals surface area contributed by atoms with Gasteiger partial charge in [0.25, 0.3) is 0 Å². The van der Waals surface area contributed by atoms with E-state index in [1.54, 1.807) is 0 Å². The molecule has 0 aromatic heterocycles. The van der Waals surface area contributed by atoms with Crippen molar-refractivity contribution in [3.8, 4) is 0 Å². The van der Waals surface area contributed by atoms with Crippen LogP contribution in [0, 0.1) is 12.8 Å². The van der Waals surface area contributed by atoms with E-state index in [1.807, 2.05) is 12.1 Å². The van der Waals surface area contributed by atoms with Crippen LogP contribution in [-0.4, -0.2) is 5.78 Å². The lowest BCUT2D eigenvalue weighted by molar-refractivity contribution is 0.0898. The van der Waals surface area contributed by atoms with E-state index in [0.717, 1.165) is 24.8 Å². The molecular weight excluding hydrogens is 172 g/mol. The molecule has 0 N–H and O–H groups in total. The zero-order valence-corrected chi connectivity index (χ0v) is 8.84. The molecule has 0 spiro atoms. The molecule has 0 aliphatic heterocycles. The van der Waals surface area contributed by atoms with Gasteiger partial charge in [0, 0.05) is 11.5 Å². The number of hydrogen-bond donors (Lipinski definition) is 0. The van der Waals surface area contributed by atoms with Crippen molar-refractivity contribution in [3.63, 3.8) is 0 Å². The van der Waals surface area contributed by atoms with Gasteiger partial charge in [0.15, 0.2) is 5.78 Å². The summed E-state index contributed by atoms with van der Waals surface area (Å²) in [6, 6.07) is 6.06. The lowest BCUT2D eigenvalue weighted by Crippen LogP contribution is -2.22. The Balaban J connectivity index is 2.46. The zero-order chi connectivity index (χ0) is 10.1. The molecule has 1 aliphatic rings. The molecule has 74 valence electrons. The van der Waals surface area contributed by atoms with Crippen LogP contribution in [0.25, 0.3) is 0 Å². The van der Waals surface area contributed by atoms with Crippen LogP contribution >= 0.6 is 0 Å². The maximum atomic E-state index is 12.0. The van der Waals surface area contributed by atoms with Crippen LogP contribution in [0.3, 0.4) is 0 Å². The van der Waals surface area contributed by atoms with Gasteiger partial charge in [0.1, 0.15) is 0 Å². The second-order valence-electron chi connectivity index (χ2n) is 4.11. The molecule has 0 radical (unpaired) electrons. The largest absolute Gasteiger partial charge is 0.294 e. The van der Waals surface area contributed by atoms with Crippen LogP contribution in [0.5, 0.6) is 0 Å². The van der Waals surface area contributed by atoms with Gasteiger partial charge in [-0.05, 0) is 37.3 Å². The van der Waals surface area contributed by atoms with Crippen LogP contribution < -0.4 is 0 Å². The van der Waals surface area contributed by atoms with Gasteiger partial charge in [-0.15, -0.1) is 0 Å². The molecule has 0 heterocycles. The standard InChI is InChI=1S/C13H16O/c1-3-10-7-8-11-9(2)5-4-6-12(11)13(10)14/h4-6,10H,3,7-8H2,1-2H3. The van der Waals surface area contributed by atoms with E-state index in [0.29, 0.717) is 5.78 Å². The molecule has 1 aromatic rings. The second kappa shape index (κ2) is 3.56. The predicted molar refractivity (Wildman–Crippen MR) is 57.6 cm³/mol. The van der Waals surface area contributed by atoms with E-state index < -0.39 is 0 Å². The molecule has 0 bridgehead atoms. The first-order valence-electron chi connectivity index (χ1n) is 5.36.